The van der Waals surface area contributed by atoms with E-state index in [2.05, 4.69) is 29.2 Å². The summed E-state index contributed by atoms with van der Waals surface area (Å²) in [5.41, 5.74) is 2.17. The Morgan fingerprint density at radius 1 is 0.882 bits per heavy atom. The summed E-state index contributed by atoms with van der Waals surface area (Å²) in [5.74, 6) is 0.157. The molecule has 8 heteroatoms. The lowest BCUT2D eigenvalue weighted by molar-refractivity contribution is -0.132. The Hall–Kier alpha value is -2.52. The van der Waals surface area contributed by atoms with Crippen molar-refractivity contribution in [1.82, 2.24) is 14.1 Å². The van der Waals surface area contributed by atoms with Crippen LogP contribution in [0.3, 0.4) is 0 Å². The van der Waals surface area contributed by atoms with Crippen LogP contribution in [0.1, 0.15) is 17.5 Å². The molecule has 182 valence electrons. The molecule has 0 saturated carbocycles. The first-order valence-corrected chi connectivity index (χ1v) is 13.3. The van der Waals surface area contributed by atoms with Crippen LogP contribution in [0.25, 0.3) is 6.08 Å². The summed E-state index contributed by atoms with van der Waals surface area (Å²) in [7, 11) is -3.49. The maximum atomic E-state index is 12.7. The second-order valence-corrected chi connectivity index (χ2v) is 10.6. The van der Waals surface area contributed by atoms with Crippen molar-refractivity contribution < 1.29 is 17.9 Å². The fourth-order valence-electron chi connectivity index (χ4n) is 4.26. The van der Waals surface area contributed by atoms with Gasteiger partial charge in [-0.05, 0) is 29.7 Å². The van der Waals surface area contributed by atoms with Crippen LogP contribution < -0.4 is 0 Å². The van der Waals surface area contributed by atoms with Crippen molar-refractivity contribution in [2.24, 2.45) is 0 Å². The zero-order valence-electron chi connectivity index (χ0n) is 19.5. The SMILES string of the molecule is O=C(CCc1ccc(S(=O)(=O)N2CCOCC2)cc1)N1CCN(C/C=C/c2ccccc2)CC1. The number of hydrogen-bond donors (Lipinski definition) is 0. The van der Waals surface area contributed by atoms with Gasteiger partial charge in [0.2, 0.25) is 15.9 Å². The summed E-state index contributed by atoms with van der Waals surface area (Å²) in [6.07, 6.45) is 5.35. The Kier molecular flexibility index (Phi) is 8.50. The van der Waals surface area contributed by atoms with Crippen LogP contribution in [0.5, 0.6) is 0 Å². The molecule has 0 bridgehead atoms. The lowest BCUT2D eigenvalue weighted by Gasteiger charge is -2.34. The van der Waals surface area contributed by atoms with Gasteiger partial charge in [0.25, 0.3) is 0 Å². The molecule has 4 rings (SSSR count). The Bertz CT molecular complexity index is 1060. The van der Waals surface area contributed by atoms with Gasteiger partial charge in [0.15, 0.2) is 0 Å². The molecule has 2 aromatic carbocycles. The molecule has 34 heavy (non-hydrogen) atoms. The maximum Gasteiger partial charge on any atom is 0.243 e. The second kappa shape index (κ2) is 11.8. The monoisotopic (exact) mass is 483 g/mol. The highest BCUT2D eigenvalue weighted by Crippen LogP contribution is 2.18. The molecule has 2 aromatic rings. The second-order valence-electron chi connectivity index (χ2n) is 8.65. The van der Waals surface area contributed by atoms with E-state index in [1.165, 1.54) is 9.87 Å². The van der Waals surface area contributed by atoms with Gasteiger partial charge in [-0.2, -0.15) is 4.31 Å². The number of carbonyl (C=O) groups is 1. The van der Waals surface area contributed by atoms with Crippen molar-refractivity contribution in [1.29, 1.82) is 0 Å². The standard InChI is InChI=1S/C26H33N3O4S/c30-26(28-17-15-27(16-18-28)14-4-7-23-5-2-1-3-6-23)13-10-24-8-11-25(12-9-24)34(31,32)29-19-21-33-22-20-29/h1-9,11-12H,10,13-22H2/b7-4+. The molecule has 0 aromatic heterocycles. The summed E-state index contributed by atoms with van der Waals surface area (Å²) in [4.78, 5) is 17.3. The minimum absolute atomic E-state index is 0.157. The summed E-state index contributed by atoms with van der Waals surface area (Å²) in [6.45, 7) is 5.75. The molecule has 2 aliphatic heterocycles. The summed E-state index contributed by atoms with van der Waals surface area (Å²) in [6, 6.07) is 17.2. The van der Waals surface area contributed by atoms with Crippen molar-refractivity contribution in [2.75, 3.05) is 59.0 Å². The van der Waals surface area contributed by atoms with E-state index in [-0.39, 0.29) is 5.91 Å². The highest BCUT2D eigenvalue weighted by Gasteiger charge is 2.26. The molecule has 2 saturated heterocycles. The molecule has 0 atom stereocenters. The van der Waals surface area contributed by atoms with E-state index in [0.29, 0.717) is 44.0 Å². The minimum Gasteiger partial charge on any atom is -0.379 e. The van der Waals surface area contributed by atoms with Crippen molar-refractivity contribution >= 4 is 22.0 Å². The molecule has 2 aliphatic rings. The molecule has 0 aliphatic carbocycles. The zero-order valence-corrected chi connectivity index (χ0v) is 20.3. The molecule has 0 radical (unpaired) electrons. The molecule has 2 heterocycles. The smallest absolute Gasteiger partial charge is 0.243 e. The van der Waals surface area contributed by atoms with Gasteiger partial charge in [-0.15, -0.1) is 0 Å². The van der Waals surface area contributed by atoms with Gasteiger partial charge < -0.3 is 9.64 Å². The van der Waals surface area contributed by atoms with Gasteiger partial charge >= 0.3 is 0 Å². The van der Waals surface area contributed by atoms with Crippen molar-refractivity contribution in [3.05, 3.63) is 71.8 Å². The number of hydrogen-bond acceptors (Lipinski definition) is 5. The number of piperazine rings is 1. The first-order valence-electron chi connectivity index (χ1n) is 11.9. The number of rotatable bonds is 8. The fraction of sp³-hybridized carbons (Fsp3) is 0.423. The number of aryl methyl sites for hydroxylation is 1. The van der Waals surface area contributed by atoms with Gasteiger partial charge in [-0.25, -0.2) is 8.42 Å². The van der Waals surface area contributed by atoms with Gasteiger partial charge in [0.05, 0.1) is 18.1 Å². The molecule has 0 N–H and O–H groups in total. The quantitative estimate of drug-likeness (QED) is 0.577. The maximum absolute atomic E-state index is 12.7. The topological polar surface area (TPSA) is 70.2 Å². The van der Waals surface area contributed by atoms with E-state index in [0.717, 1.165) is 38.3 Å². The van der Waals surface area contributed by atoms with E-state index in [1.807, 2.05) is 35.2 Å². The zero-order chi connectivity index (χ0) is 23.8. The third-order valence-corrected chi connectivity index (χ3v) is 8.27. The lowest BCUT2D eigenvalue weighted by Crippen LogP contribution is -2.48. The van der Waals surface area contributed by atoms with E-state index in [1.54, 1.807) is 12.1 Å². The number of ether oxygens (including phenoxy) is 1. The van der Waals surface area contributed by atoms with Crippen LogP contribution in [-0.4, -0.2) is 87.5 Å². The highest BCUT2D eigenvalue weighted by molar-refractivity contribution is 7.89. The predicted octanol–water partition coefficient (Wildman–Crippen LogP) is 2.50. The normalized spacial score (nSPS) is 18.4. The van der Waals surface area contributed by atoms with Gasteiger partial charge in [0, 0.05) is 52.2 Å². The first kappa shape index (κ1) is 24.6. The van der Waals surface area contributed by atoms with Crippen molar-refractivity contribution in [3.63, 3.8) is 0 Å². The van der Waals surface area contributed by atoms with Crippen LogP contribution in [0.4, 0.5) is 0 Å². The number of amides is 1. The van der Waals surface area contributed by atoms with Crippen LogP contribution in [0.2, 0.25) is 0 Å². The fourth-order valence-corrected chi connectivity index (χ4v) is 5.66. The summed E-state index contributed by atoms with van der Waals surface area (Å²) >= 11 is 0. The van der Waals surface area contributed by atoms with Crippen LogP contribution >= 0.6 is 0 Å². The Balaban J connectivity index is 1.20. The van der Waals surface area contributed by atoms with E-state index < -0.39 is 10.0 Å². The number of sulfonamides is 1. The number of carbonyl (C=O) groups excluding carboxylic acids is 1. The average Bonchev–Trinajstić information content (AvgIpc) is 2.89. The van der Waals surface area contributed by atoms with Gasteiger partial charge in [0.1, 0.15) is 0 Å². The van der Waals surface area contributed by atoms with E-state index in [9.17, 15) is 13.2 Å². The molecular formula is C26H33N3O4S. The van der Waals surface area contributed by atoms with Crippen molar-refractivity contribution in [3.8, 4) is 0 Å². The first-order chi connectivity index (χ1) is 16.5. The molecule has 2 fully saturated rings. The Morgan fingerprint density at radius 3 is 2.24 bits per heavy atom. The van der Waals surface area contributed by atoms with Crippen LogP contribution in [-0.2, 0) is 26.0 Å². The van der Waals surface area contributed by atoms with E-state index >= 15 is 0 Å². The molecular weight excluding hydrogens is 450 g/mol. The van der Waals surface area contributed by atoms with Gasteiger partial charge in [-0.1, -0.05) is 54.6 Å². The summed E-state index contributed by atoms with van der Waals surface area (Å²) in [5, 5.41) is 0. The third kappa shape index (κ3) is 6.54. The third-order valence-electron chi connectivity index (χ3n) is 6.36. The lowest BCUT2D eigenvalue weighted by atomic mass is 10.1. The molecule has 0 spiro atoms. The van der Waals surface area contributed by atoms with Gasteiger partial charge in [-0.3, -0.25) is 9.69 Å². The Labute approximate surface area is 202 Å². The number of nitrogens with zero attached hydrogens (tertiary/aromatic N) is 3. The minimum atomic E-state index is -3.49. The predicted molar refractivity (Wildman–Crippen MR) is 133 cm³/mol. The van der Waals surface area contributed by atoms with Crippen LogP contribution in [0.15, 0.2) is 65.6 Å². The van der Waals surface area contributed by atoms with E-state index in [4.69, 9.17) is 4.74 Å². The van der Waals surface area contributed by atoms with Crippen molar-refractivity contribution in [2.45, 2.75) is 17.7 Å². The average molecular weight is 484 g/mol. The summed E-state index contributed by atoms with van der Waals surface area (Å²) < 4.78 is 32.2. The largest absolute Gasteiger partial charge is 0.379 e. The Morgan fingerprint density at radius 2 is 1.56 bits per heavy atom. The molecule has 1 amide bonds. The van der Waals surface area contributed by atoms with Crippen LogP contribution in [0, 0.1) is 0 Å². The molecule has 0 unspecified atom stereocenters. The number of benzene rings is 2. The highest BCUT2D eigenvalue weighted by atomic mass is 32.2. The number of morpholine rings is 1. The molecule has 7 nitrogen and oxygen atoms in total.